The molecule has 0 bridgehead atoms. The number of thiol groups is 1. The minimum absolute atomic E-state index is 0.513. The molecule has 0 aliphatic heterocycles. The summed E-state index contributed by atoms with van der Waals surface area (Å²) in [5.41, 5.74) is 5.17. The fraction of sp³-hybridized carbons (Fsp3) is 0.800. The minimum Gasteiger partial charge on any atom is -0.480 e. The summed E-state index contributed by atoms with van der Waals surface area (Å²) < 4.78 is 0. The second-order valence-corrected chi connectivity index (χ2v) is 2.26. The molecular formula is C5H11NO2S. The molecule has 0 rings (SSSR count). The van der Waals surface area contributed by atoms with E-state index in [1.165, 1.54) is 0 Å². The van der Waals surface area contributed by atoms with Crippen LogP contribution in [-0.2, 0) is 4.79 Å². The lowest BCUT2D eigenvalue weighted by molar-refractivity contribution is -0.138. The van der Waals surface area contributed by atoms with Crippen LogP contribution in [0, 0.1) is 0 Å². The molecule has 54 valence electrons. The van der Waals surface area contributed by atoms with Crippen molar-refractivity contribution < 1.29 is 9.90 Å². The summed E-state index contributed by atoms with van der Waals surface area (Å²) in [6.45, 7) is 0. The first-order valence-corrected chi connectivity index (χ1v) is 3.41. The van der Waals surface area contributed by atoms with E-state index in [0.29, 0.717) is 12.2 Å². The molecule has 0 amide bonds. The predicted molar refractivity (Wildman–Crippen MR) is 38.7 cm³/mol. The van der Waals surface area contributed by atoms with Crippen molar-refractivity contribution in [3.8, 4) is 0 Å². The Kier molecular flexibility index (Phi) is 4.53. The second kappa shape index (κ2) is 4.64. The highest BCUT2D eigenvalue weighted by atomic mass is 32.1. The van der Waals surface area contributed by atoms with Gasteiger partial charge in [0, 0.05) is 0 Å². The monoisotopic (exact) mass is 149 g/mol. The lowest BCUT2D eigenvalue weighted by Crippen LogP contribution is -2.29. The van der Waals surface area contributed by atoms with E-state index in [4.69, 9.17) is 10.8 Å². The van der Waals surface area contributed by atoms with Crippen molar-refractivity contribution in [1.82, 2.24) is 0 Å². The summed E-state index contributed by atoms with van der Waals surface area (Å²) in [7, 11) is 0. The molecule has 0 aromatic heterocycles. The van der Waals surface area contributed by atoms with Crippen molar-refractivity contribution in [3.05, 3.63) is 0 Å². The van der Waals surface area contributed by atoms with Crippen molar-refractivity contribution in [3.63, 3.8) is 0 Å². The lowest BCUT2D eigenvalue weighted by Gasteiger charge is -2.02. The fourth-order valence-corrected chi connectivity index (χ4v) is 0.617. The van der Waals surface area contributed by atoms with Gasteiger partial charge in [-0.3, -0.25) is 4.79 Å². The highest BCUT2D eigenvalue weighted by molar-refractivity contribution is 7.80. The molecule has 9 heavy (non-hydrogen) atoms. The lowest BCUT2D eigenvalue weighted by atomic mass is 10.2. The van der Waals surface area contributed by atoms with Crippen molar-refractivity contribution >= 4 is 18.6 Å². The maximum Gasteiger partial charge on any atom is 0.320 e. The highest BCUT2D eigenvalue weighted by Crippen LogP contribution is 1.95. The Morgan fingerprint density at radius 1 is 1.78 bits per heavy atom. The molecule has 0 fully saturated rings. The maximum absolute atomic E-state index is 10.1. The molecule has 3 N–H and O–H groups in total. The Morgan fingerprint density at radius 2 is 2.33 bits per heavy atom. The van der Waals surface area contributed by atoms with E-state index >= 15 is 0 Å². The molecule has 0 heterocycles. The van der Waals surface area contributed by atoms with Gasteiger partial charge in [0.1, 0.15) is 6.04 Å². The smallest absolute Gasteiger partial charge is 0.320 e. The van der Waals surface area contributed by atoms with Crippen molar-refractivity contribution in [2.75, 3.05) is 5.75 Å². The third-order valence-corrected chi connectivity index (χ3v) is 1.31. The molecule has 1 atom stereocenters. The van der Waals surface area contributed by atoms with E-state index < -0.39 is 12.0 Å². The van der Waals surface area contributed by atoms with Crippen LogP contribution in [0.4, 0.5) is 0 Å². The van der Waals surface area contributed by atoms with Crippen LogP contribution in [0.5, 0.6) is 0 Å². The average molecular weight is 149 g/mol. The Hall–Kier alpha value is -0.220. The number of hydrogen-bond acceptors (Lipinski definition) is 3. The number of hydrogen-bond donors (Lipinski definition) is 3. The molecule has 0 aliphatic carbocycles. The summed E-state index contributed by atoms with van der Waals surface area (Å²) in [6, 6.07) is -0.711. The molecule has 0 aliphatic rings. The zero-order valence-electron chi connectivity index (χ0n) is 5.08. The van der Waals surface area contributed by atoms with Gasteiger partial charge in [0.15, 0.2) is 0 Å². The van der Waals surface area contributed by atoms with Crippen LogP contribution in [0.2, 0.25) is 0 Å². The molecule has 1 unspecified atom stereocenters. The summed E-state index contributed by atoms with van der Waals surface area (Å²) in [6.07, 6.45) is 1.27. The van der Waals surface area contributed by atoms with Gasteiger partial charge < -0.3 is 10.8 Å². The Morgan fingerprint density at radius 3 is 2.67 bits per heavy atom. The Balaban J connectivity index is 3.27. The number of nitrogens with two attached hydrogens (primary N) is 1. The predicted octanol–water partition coefficient (Wildman–Crippen LogP) is 0.108. The number of carboxylic acids is 1. The van der Waals surface area contributed by atoms with Crippen LogP contribution in [0.15, 0.2) is 0 Å². The minimum atomic E-state index is -0.934. The van der Waals surface area contributed by atoms with Crippen LogP contribution in [-0.4, -0.2) is 22.9 Å². The molecule has 0 radical (unpaired) electrons. The van der Waals surface area contributed by atoms with Gasteiger partial charge in [0.2, 0.25) is 0 Å². The molecule has 0 aromatic rings. The summed E-state index contributed by atoms with van der Waals surface area (Å²) in [5.74, 6) is -0.238. The second-order valence-electron chi connectivity index (χ2n) is 1.81. The van der Waals surface area contributed by atoms with Crippen molar-refractivity contribution in [1.29, 1.82) is 0 Å². The van der Waals surface area contributed by atoms with E-state index in [1.807, 2.05) is 0 Å². The highest BCUT2D eigenvalue weighted by Gasteiger charge is 2.08. The number of aliphatic carboxylic acids is 1. The van der Waals surface area contributed by atoms with Crippen LogP contribution < -0.4 is 5.73 Å². The third-order valence-electron chi connectivity index (χ3n) is 0.990. The van der Waals surface area contributed by atoms with Gasteiger partial charge in [0.05, 0.1) is 0 Å². The standard InChI is InChI=1S/C5H11NO2S/c6-4(5(7)8)2-1-3-9/h4,9H,1-3,6H2,(H,7,8). The maximum atomic E-state index is 10.1. The average Bonchev–Trinajstić information content (AvgIpc) is 1.82. The van der Waals surface area contributed by atoms with Gasteiger partial charge in [-0.15, -0.1) is 0 Å². The normalized spacial score (nSPS) is 13.1. The molecule has 4 heteroatoms. The van der Waals surface area contributed by atoms with E-state index in [-0.39, 0.29) is 0 Å². The van der Waals surface area contributed by atoms with Gasteiger partial charge in [-0.05, 0) is 18.6 Å². The molecule has 0 saturated heterocycles. The van der Waals surface area contributed by atoms with Crippen LogP contribution in [0.1, 0.15) is 12.8 Å². The van der Waals surface area contributed by atoms with Gasteiger partial charge in [-0.25, -0.2) is 0 Å². The zero-order chi connectivity index (χ0) is 7.28. The molecule has 3 nitrogen and oxygen atoms in total. The van der Waals surface area contributed by atoms with Gasteiger partial charge >= 0.3 is 5.97 Å². The first-order valence-electron chi connectivity index (χ1n) is 2.77. The van der Waals surface area contributed by atoms with Crippen LogP contribution >= 0.6 is 12.6 Å². The SMILES string of the molecule is NC(CCCS)C(=O)O. The third kappa shape index (κ3) is 4.29. The van der Waals surface area contributed by atoms with Crippen molar-refractivity contribution in [2.45, 2.75) is 18.9 Å². The van der Waals surface area contributed by atoms with E-state index in [9.17, 15) is 4.79 Å². The topological polar surface area (TPSA) is 63.3 Å². The molecule has 0 spiro atoms. The van der Waals surface area contributed by atoms with E-state index in [2.05, 4.69) is 12.6 Å². The largest absolute Gasteiger partial charge is 0.480 e. The number of rotatable bonds is 4. The van der Waals surface area contributed by atoms with Crippen molar-refractivity contribution in [2.24, 2.45) is 5.73 Å². The van der Waals surface area contributed by atoms with E-state index in [1.54, 1.807) is 0 Å². The van der Waals surface area contributed by atoms with Gasteiger partial charge in [-0.2, -0.15) is 12.6 Å². The molecular weight excluding hydrogens is 138 g/mol. The van der Waals surface area contributed by atoms with Gasteiger partial charge in [0.25, 0.3) is 0 Å². The van der Waals surface area contributed by atoms with Gasteiger partial charge in [-0.1, -0.05) is 0 Å². The van der Waals surface area contributed by atoms with Crippen LogP contribution in [0.25, 0.3) is 0 Å². The summed E-state index contributed by atoms with van der Waals surface area (Å²) in [4.78, 5) is 10.1. The number of carboxylic acid groups (broad SMARTS) is 1. The zero-order valence-corrected chi connectivity index (χ0v) is 5.97. The van der Waals surface area contributed by atoms with Crippen LogP contribution in [0.3, 0.4) is 0 Å². The molecule has 0 saturated carbocycles. The van der Waals surface area contributed by atoms with E-state index in [0.717, 1.165) is 6.42 Å². The molecule has 0 aromatic carbocycles. The fourth-order valence-electron chi connectivity index (χ4n) is 0.435. The Bertz CT molecular complexity index is 97.0. The first kappa shape index (κ1) is 8.78. The number of carbonyl (C=O) groups is 1. The Labute approximate surface area is 59.6 Å². The quantitative estimate of drug-likeness (QED) is 0.497. The summed E-state index contributed by atoms with van der Waals surface area (Å²) >= 11 is 3.92. The first-order chi connectivity index (χ1) is 4.18. The summed E-state index contributed by atoms with van der Waals surface area (Å²) in [5, 5.41) is 8.26.